The van der Waals surface area contributed by atoms with E-state index >= 15 is 0 Å². The number of amides is 2. The van der Waals surface area contributed by atoms with Gasteiger partial charge in [-0.3, -0.25) is 19.4 Å². The number of fused-ring (bicyclic) bond motifs is 1. The van der Waals surface area contributed by atoms with Crippen LogP contribution in [0.2, 0.25) is 0 Å². The van der Waals surface area contributed by atoms with E-state index in [0.29, 0.717) is 22.9 Å². The molecule has 2 amide bonds. The number of H-pyrrole nitrogens is 1. The van der Waals surface area contributed by atoms with Crippen molar-refractivity contribution in [3.63, 3.8) is 0 Å². The van der Waals surface area contributed by atoms with Crippen molar-refractivity contribution in [1.82, 2.24) is 25.3 Å². The second kappa shape index (κ2) is 6.48. The Morgan fingerprint density at radius 3 is 2.81 bits per heavy atom. The van der Waals surface area contributed by atoms with E-state index in [2.05, 4.69) is 25.9 Å². The van der Waals surface area contributed by atoms with E-state index in [9.17, 15) is 9.59 Å². The molecule has 0 bridgehead atoms. The van der Waals surface area contributed by atoms with Gasteiger partial charge in [-0.25, -0.2) is 0 Å². The van der Waals surface area contributed by atoms with Crippen LogP contribution < -0.4 is 20.1 Å². The number of hydrogen-bond acceptors (Lipinski definition) is 6. The van der Waals surface area contributed by atoms with Gasteiger partial charge in [-0.05, 0) is 24.3 Å². The number of nitrogens with zero attached hydrogens (tertiary/aromatic N) is 3. The molecular formula is C17H16N6O4. The largest absolute Gasteiger partial charge is 0.454 e. The Labute approximate surface area is 153 Å². The molecule has 3 heterocycles. The molecule has 0 fully saturated rings. The lowest BCUT2D eigenvalue weighted by molar-refractivity contribution is 0.0958. The van der Waals surface area contributed by atoms with Crippen LogP contribution in [0.25, 0.3) is 11.3 Å². The molecule has 3 N–H and O–H groups in total. The molecule has 0 unspecified atom stereocenters. The number of rotatable bonds is 4. The maximum Gasteiger partial charge on any atom is 0.273 e. The van der Waals surface area contributed by atoms with Crippen molar-refractivity contribution >= 4 is 17.5 Å². The average molecular weight is 368 g/mol. The summed E-state index contributed by atoms with van der Waals surface area (Å²) in [6.45, 7) is 0.186. The Morgan fingerprint density at radius 1 is 1.19 bits per heavy atom. The summed E-state index contributed by atoms with van der Waals surface area (Å²) in [7, 11) is 3.16. The zero-order valence-corrected chi connectivity index (χ0v) is 14.6. The van der Waals surface area contributed by atoms with Crippen LogP contribution in [0.5, 0.6) is 11.5 Å². The minimum absolute atomic E-state index is 0.129. The summed E-state index contributed by atoms with van der Waals surface area (Å²) in [5, 5.41) is 16.1. The predicted molar refractivity (Wildman–Crippen MR) is 94.7 cm³/mol. The second-order valence-corrected chi connectivity index (χ2v) is 5.83. The van der Waals surface area contributed by atoms with E-state index in [1.807, 2.05) is 6.07 Å². The summed E-state index contributed by atoms with van der Waals surface area (Å²) in [4.78, 5) is 24.4. The van der Waals surface area contributed by atoms with Crippen LogP contribution >= 0.6 is 0 Å². The first-order chi connectivity index (χ1) is 13.0. The average Bonchev–Trinajstić information content (AvgIpc) is 3.39. The standard InChI is InChI=1S/C17H16N6O4/c1-18-17(25)15-12(7-23(2)22-15)19-16(24)11-6-10(20-21-11)9-3-4-13-14(5-9)27-8-26-13/h3-7H,8H2,1-2H3,(H,18,25)(H,19,24)(H,20,21). The predicted octanol–water partition coefficient (Wildman–Crippen LogP) is 1.15. The van der Waals surface area contributed by atoms with Gasteiger partial charge in [0, 0.05) is 25.9 Å². The van der Waals surface area contributed by atoms with Gasteiger partial charge in [0.2, 0.25) is 6.79 Å². The topological polar surface area (TPSA) is 123 Å². The fraction of sp³-hybridized carbons (Fsp3) is 0.176. The fourth-order valence-corrected chi connectivity index (χ4v) is 2.70. The van der Waals surface area contributed by atoms with Gasteiger partial charge in [0.05, 0.1) is 11.4 Å². The highest BCUT2D eigenvalue weighted by molar-refractivity contribution is 6.07. The Bertz CT molecular complexity index is 1040. The normalized spacial score (nSPS) is 12.1. The molecule has 0 aliphatic carbocycles. The summed E-state index contributed by atoms with van der Waals surface area (Å²) in [5.41, 5.74) is 2.04. The molecule has 2 aromatic heterocycles. The van der Waals surface area contributed by atoms with Gasteiger partial charge >= 0.3 is 0 Å². The first-order valence-corrected chi connectivity index (χ1v) is 8.07. The number of aryl methyl sites for hydroxylation is 1. The van der Waals surface area contributed by atoms with Crippen molar-refractivity contribution in [3.05, 3.63) is 41.9 Å². The van der Waals surface area contributed by atoms with E-state index in [1.165, 1.54) is 11.7 Å². The highest BCUT2D eigenvalue weighted by atomic mass is 16.7. The molecule has 4 rings (SSSR count). The number of carbonyl (C=O) groups excluding carboxylic acids is 2. The Balaban J connectivity index is 1.55. The monoisotopic (exact) mass is 368 g/mol. The van der Waals surface area contributed by atoms with Gasteiger partial charge in [0.15, 0.2) is 17.2 Å². The first kappa shape index (κ1) is 16.6. The molecule has 1 aliphatic heterocycles. The van der Waals surface area contributed by atoms with E-state index in [1.54, 1.807) is 31.4 Å². The summed E-state index contributed by atoms with van der Waals surface area (Å²) in [6.07, 6.45) is 1.55. The van der Waals surface area contributed by atoms with Gasteiger partial charge in [0.1, 0.15) is 5.69 Å². The van der Waals surface area contributed by atoms with Crippen LogP contribution in [0, 0.1) is 0 Å². The van der Waals surface area contributed by atoms with Crippen molar-refractivity contribution in [2.75, 3.05) is 19.2 Å². The summed E-state index contributed by atoms with van der Waals surface area (Å²) >= 11 is 0. The molecule has 1 aliphatic rings. The van der Waals surface area contributed by atoms with Crippen LogP contribution in [-0.4, -0.2) is 45.6 Å². The smallest absolute Gasteiger partial charge is 0.273 e. The molecule has 10 heteroatoms. The Morgan fingerprint density at radius 2 is 2.00 bits per heavy atom. The van der Waals surface area contributed by atoms with Crippen LogP contribution in [0.4, 0.5) is 5.69 Å². The van der Waals surface area contributed by atoms with Crippen molar-refractivity contribution in [3.8, 4) is 22.8 Å². The maximum absolute atomic E-state index is 12.5. The molecule has 3 aromatic rings. The molecule has 27 heavy (non-hydrogen) atoms. The molecule has 138 valence electrons. The lowest BCUT2D eigenvalue weighted by atomic mass is 10.1. The van der Waals surface area contributed by atoms with Crippen LogP contribution in [0.1, 0.15) is 21.0 Å². The number of aromatic nitrogens is 4. The first-order valence-electron chi connectivity index (χ1n) is 8.07. The molecule has 1 aromatic carbocycles. The molecule has 0 spiro atoms. The lowest BCUT2D eigenvalue weighted by Gasteiger charge is -2.02. The van der Waals surface area contributed by atoms with Crippen molar-refractivity contribution in [2.24, 2.45) is 7.05 Å². The second-order valence-electron chi connectivity index (χ2n) is 5.83. The van der Waals surface area contributed by atoms with Gasteiger partial charge in [0.25, 0.3) is 11.8 Å². The van der Waals surface area contributed by atoms with Gasteiger partial charge < -0.3 is 20.1 Å². The van der Waals surface area contributed by atoms with Crippen molar-refractivity contribution in [1.29, 1.82) is 0 Å². The molecule has 0 saturated carbocycles. The SMILES string of the molecule is CNC(=O)c1nn(C)cc1NC(=O)c1cc(-c2ccc3c(c2)OCO3)n[nH]1. The number of benzene rings is 1. The fourth-order valence-electron chi connectivity index (χ4n) is 2.70. The number of aromatic amines is 1. The summed E-state index contributed by atoms with van der Waals surface area (Å²) in [6, 6.07) is 7.03. The number of hydrogen-bond donors (Lipinski definition) is 3. The van der Waals surface area contributed by atoms with Crippen molar-refractivity contribution in [2.45, 2.75) is 0 Å². The van der Waals surface area contributed by atoms with E-state index in [4.69, 9.17) is 9.47 Å². The molecular weight excluding hydrogens is 352 g/mol. The zero-order chi connectivity index (χ0) is 19.0. The molecule has 0 saturated heterocycles. The highest BCUT2D eigenvalue weighted by Crippen LogP contribution is 2.35. The van der Waals surface area contributed by atoms with E-state index < -0.39 is 11.8 Å². The number of ether oxygens (including phenoxy) is 2. The van der Waals surface area contributed by atoms with Gasteiger partial charge in [-0.1, -0.05) is 0 Å². The van der Waals surface area contributed by atoms with Crippen LogP contribution in [0.3, 0.4) is 0 Å². The van der Waals surface area contributed by atoms with E-state index in [-0.39, 0.29) is 18.2 Å². The lowest BCUT2D eigenvalue weighted by Crippen LogP contribution is -2.21. The maximum atomic E-state index is 12.5. The third-order valence-corrected chi connectivity index (χ3v) is 4.01. The Kier molecular flexibility index (Phi) is 3.99. The van der Waals surface area contributed by atoms with Crippen LogP contribution in [0.15, 0.2) is 30.5 Å². The Hall–Kier alpha value is -3.82. The molecule has 10 nitrogen and oxygen atoms in total. The quantitative estimate of drug-likeness (QED) is 0.635. The number of nitrogens with one attached hydrogen (secondary N) is 3. The summed E-state index contributed by atoms with van der Waals surface area (Å²) < 4.78 is 12.1. The third-order valence-electron chi connectivity index (χ3n) is 4.01. The third kappa shape index (κ3) is 3.08. The zero-order valence-electron chi connectivity index (χ0n) is 14.6. The van der Waals surface area contributed by atoms with Crippen LogP contribution in [-0.2, 0) is 7.05 Å². The van der Waals surface area contributed by atoms with E-state index in [0.717, 1.165) is 5.56 Å². The van der Waals surface area contributed by atoms with Gasteiger partial charge in [-0.2, -0.15) is 10.2 Å². The number of anilines is 1. The minimum Gasteiger partial charge on any atom is -0.454 e. The van der Waals surface area contributed by atoms with Crippen molar-refractivity contribution < 1.29 is 19.1 Å². The number of carbonyl (C=O) groups is 2. The summed E-state index contributed by atoms with van der Waals surface area (Å²) in [5.74, 6) is 0.474. The molecule has 0 radical (unpaired) electrons. The highest BCUT2D eigenvalue weighted by Gasteiger charge is 2.20. The van der Waals surface area contributed by atoms with Gasteiger partial charge in [-0.15, -0.1) is 0 Å². The molecule has 0 atom stereocenters. The minimum atomic E-state index is -0.437.